The number of anilines is 3. The standard InChI is InChI=1S/C24H29N7O2.ClH/c1-15-19-14-27-24(28-20-8-7-18(13-26-20)30-11-9-25-10-12-30)29-22(19)31(17-5-3-4-6-17)23(33)21(15)16(2)32;/h7-8,13-14,17,25H,3-6,9-12H2,1-2H3,(H,26,27,28,29);1H. The van der Waals surface area contributed by atoms with Gasteiger partial charge < -0.3 is 15.5 Å². The molecule has 34 heavy (non-hydrogen) atoms. The van der Waals surface area contributed by atoms with E-state index in [0.29, 0.717) is 23.0 Å². The van der Waals surface area contributed by atoms with E-state index in [0.717, 1.165) is 62.9 Å². The number of carbonyl (C=O) groups excluding carboxylic acids is 1. The maximum absolute atomic E-state index is 13.3. The highest BCUT2D eigenvalue weighted by molar-refractivity contribution is 5.99. The third kappa shape index (κ3) is 4.50. The Morgan fingerprint density at radius 3 is 2.50 bits per heavy atom. The van der Waals surface area contributed by atoms with Crippen LogP contribution in [0.2, 0.25) is 0 Å². The predicted octanol–water partition coefficient (Wildman–Crippen LogP) is 3.39. The van der Waals surface area contributed by atoms with Gasteiger partial charge in [-0.1, -0.05) is 12.8 Å². The van der Waals surface area contributed by atoms with Crippen molar-refractivity contribution < 1.29 is 4.79 Å². The molecule has 1 aliphatic heterocycles. The molecule has 0 unspecified atom stereocenters. The van der Waals surface area contributed by atoms with Crippen molar-refractivity contribution in [2.45, 2.75) is 45.6 Å². The van der Waals surface area contributed by atoms with Crippen LogP contribution < -0.4 is 21.1 Å². The van der Waals surface area contributed by atoms with Crippen LogP contribution in [0.3, 0.4) is 0 Å². The number of ketones is 1. The monoisotopic (exact) mass is 483 g/mol. The number of pyridine rings is 2. The summed E-state index contributed by atoms with van der Waals surface area (Å²) in [5.74, 6) is 0.799. The minimum Gasteiger partial charge on any atom is -0.368 e. The van der Waals surface area contributed by atoms with Gasteiger partial charge in [0.2, 0.25) is 5.95 Å². The minimum absolute atomic E-state index is 0. The van der Waals surface area contributed by atoms with Crippen LogP contribution in [0.4, 0.5) is 17.5 Å². The number of carbonyl (C=O) groups is 1. The van der Waals surface area contributed by atoms with Gasteiger partial charge in [-0.2, -0.15) is 4.98 Å². The molecule has 4 heterocycles. The lowest BCUT2D eigenvalue weighted by Gasteiger charge is -2.29. The lowest BCUT2D eigenvalue weighted by Crippen LogP contribution is -2.43. The number of rotatable bonds is 5. The van der Waals surface area contributed by atoms with Crippen LogP contribution in [-0.4, -0.2) is 51.5 Å². The number of aromatic nitrogens is 4. The zero-order valence-corrected chi connectivity index (χ0v) is 20.3. The van der Waals surface area contributed by atoms with Crippen molar-refractivity contribution in [3.05, 3.63) is 46.0 Å². The number of hydrogen-bond donors (Lipinski definition) is 2. The largest absolute Gasteiger partial charge is 0.368 e. The Labute approximate surface area is 204 Å². The Balaban J connectivity index is 0.00000274. The highest BCUT2D eigenvalue weighted by Gasteiger charge is 2.25. The first-order valence-electron chi connectivity index (χ1n) is 11.6. The van der Waals surface area contributed by atoms with E-state index >= 15 is 0 Å². The molecule has 5 rings (SSSR count). The van der Waals surface area contributed by atoms with Crippen LogP contribution in [0.25, 0.3) is 11.0 Å². The fraction of sp³-hybridized carbons (Fsp3) is 0.458. The summed E-state index contributed by atoms with van der Waals surface area (Å²) >= 11 is 0. The molecule has 9 nitrogen and oxygen atoms in total. The summed E-state index contributed by atoms with van der Waals surface area (Å²) in [5.41, 5.74) is 2.29. The van der Waals surface area contributed by atoms with Gasteiger partial charge in [0.25, 0.3) is 5.56 Å². The van der Waals surface area contributed by atoms with E-state index in [2.05, 4.69) is 25.5 Å². The van der Waals surface area contributed by atoms with Crippen LogP contribution >= 0.6 is 12.4 Å². The van der Waals surface area contributed by atoms with Gasteiger partial charge in [-0.05, 0) is 44.4 Å². The van der Waals surface area contributed by atoms with Gasteiger partial charge in [0.1, 0.15) is 11.5 Å². The lowest BCUT2D eigenvalue weighted by molar-refractivity contribution is 0.101. The Kier molecular flexibility index (Phi) is 7.13. The first kappa shape index (κ1) is 24.1. The average molecular weight is 484 g/mol. The maximum atomic E-state index is 13.3. The molecule has 0 spiro atoms. The van der Waals surface area contributed by atoms with E-state index in [-0.39, 0.29) is 35.4 Å². The number of halogens is 1. The predicted molar refractivity (Wildman–Crippen MR) is 136 cm³/mol. The second kappa shape index (κ2) is 10.1. The van der Waals surface area contributed by atoms with Gasteiger partial charge in [-0.15, -0.1) is 12.4 Å². The van der Waals surface area contributed by atoms with E-state index in [4.69, 9.17) is 4.98 Å². The molecule has 0 atom stereocenters. The van der Waals surface area contributed by atoms with Gasteiger partial charge in [0.15, 0.2) is 5.78 Å². The third-order valence-corrected chi connectivity index (χ3v) is 6.72. The Bertz CT molecular complexity index is 1250. The molecule has 0 radical (unpaired) electrons. The number of Topliss-reactive ketones (excluding diaryl/α,β-unsaturated/α-hetero) is 1. The fourth-order valence-corrected chi connectivity index (χ4v) is 4.99. The second-order valence-corrected chi connectivity index (χ2v) is 8.86. The second-order valence-electron chi connectivity index (χ2n) is 8.86. The topological polar surface area (TPSA) is 105 Å². The normalized spacial score (nSPS) is 16.5. The fourth-order valence-electron chi connectivity index (χ4n) is 4.99. The van der Waals surface area contributed by atoms with Gasteiger partial charge in [0, 0.05) is 43.8 Å². The molecule has 1 aliphatic carbocycles. The molecule has 1 saturated heterocycles. The molecule has 0 aromatic carbocycles. The van der Waals surface area contributed by atoms with Gasteiger partial charge in [-0.3, -0.25) is 14.2 Å². The molecule has 0 bridgehead atoms. The van der Waals surface area contributed by atoms with E-state index in [1.165, 1.54) is 6.92 Å². The molecule has 2 fully saturated rings. The SMILES string of the molecule is CC(=O)c1c(C)c2cnc(Nc3ccc(N4CCNCC4)cn3)nc2n(C2CCCC2)c1=O.Cl. The molecule has 0 amide bonds. The highest BCUT2D eigenvalue weighted by Crippen LogP contribution is 2.32. The number of piperazine rings is 1. The van der Waals surface area contributed by atoms with Crippen molar-refractivity contribution >= 4 is 46.7 Å². The van der Waals surface area contributed by atoms with Crippen molar-refractivity contribution in [3.8, 4) is 0 Å². The Hall–Kier alpha value is -3.04. The molecular formula is C24H30ClN7O2. The van der Waals surface area contributed by atoms with Crippen LogP contribution in [0, 0.1) is 6.92 Å². The average Bonchev–Trinajstić information content (AvgIpc) is 3.34. The summed E-state index contributed by atoms with van der Waals surface area (Å²) < 4.78 is 1.72. The molecule has 10 heteroatoms. The maximum Gasteiger partial charge on any atom is 0.263 e. The highest BCUT2D eigenvalue weighted by atomic mass is 35.5. The third-order valence-electron chi connectivity index (χ3n) is 6.72. The summed E-state index contributed by atoms with van der Waals surface area (Å²) in [7, 11) is 0. The van der Waals surface area contributed by atoms with Crippen LogP contribution in [-0.2, 0) is 0 Å². The van der Waals surface area contributed by atoms with Gasteiger partial charge >= 0.3 is 0 Å². The number of aryl methyl sites for hydroxylation is 1. The molecular weight excluding hydrogens is 454 g/mol. The van der Waals surface area contributed by atoms with E-state index in [9.17, 15) is 9.59 Å². The molecule has 3 aromatic rings. The summed E-state index contributed by atoms with van der Waals surface area (Å²) in [4.78, 5) is 41.6. The van der Waals surface area contributed by atoms with Crippen LogP contribution in [0.15, 0.2) is 29.3 Å². The van der Waals surface area contributed by atoms with Gasteiger partial charge in [0.05, 0.1) is 17.4 Å². The smallest absolute Gasteiger partial charge is 0.263 e. The van der Waals surface area contributed by atoms with E-state index in [1.807, 2.05) is 18.3 Å². The van der Waals surface area contributed by atoms with Crippen molar-refractivity contribution in [2.24, 2.45) is 0 Å². The zero-order valence-electron chi connectivity index (χ0n) is 19.5. The van der Waals surface area contributed by atoms with Crippen molar-refractivity contribution in [3.63, 3.8) is 0 Å². The Morgan fingerprint density at radius 1 is 1.12 bits per heavy atom. The van der Waals surface area contributed by atoms with E-state index < -0.39 is 0 Å². The summed E-state index contributed by atoms with van der Waals surface area (Å²) in [5, 5.41) is 7.26. The van der Waals surface area contributed by atoms with Crippen LogP contribution in [0.5, 0.6) is 0 Å². The minimum atomic E-state index is -0.248. The number of nitrogens with zero attached hydrogens (tertiary/aromatic N) is 5. The first-order valence-corrected chi connectivity index (χ1v) is 11.6. The first-order chi connectivity index (χ1) is 16.0. The molecule has 3 aromatic heterocycles. The quantitative estimate of drug-likeness (QED) is 0.532. The summed E-state index contributed by atoms with van der Waals surface area (Å²) in [6, 6.07) is 4.01. The number of hydrogen-bond acceptors (Lipinski definition) is 8. The lowest BCUT2D eigenvalue weighted by atomic mass is 10.0. The molecule has 1 saturated carbocycles. The Morgan fingerprint density at radius 2 is 1.85 bits per heavy atom. The summed E-state index contributed by atoms with van der Waals surface area (Å²) in [6.45, 7) is 7.11. The van der Waals surface area contributed by atoms with Gasteiger partial charge in [-0.25, -0.2) is 9.97 Å². The van der Waals surface area contributed by atoms with Crippen molar-refractivity contribution in [1.82, 2.24) is 24.8 Å². The molecule has 180 valence electrons. The molecule has 2 aliphatic rings. The number of fused-ring (bicyclic) bond motifs is 1. The van der Waals surface area contributed by atoms with Crippen molar-refractivity contribution in [1.29, 1.82) is 0 Å². The summed E-state index contributed by atoms with van der Waals surface area (Å²) in [6.07, 6.45) is 7.52. The van der Waals surface area contributed by atoms with Crippen LogP contribution in [0.1, 0.15) is 54.6 Å². The molecule has 2 N–H and O–H groups in total. The zero-order chi connectivity index (χ0) is 22.9. The number of nitrogens with one attached hydrogen (secondary N) is 2. The van der Waals surface area contributed by atoms with Crippen molar-refractivity contribution in [2.75, 3.05) is 36.4 Å². The van der Waals surface area contributed by atoms with E-state index in [1.54, 1.807) is 17.7 Å².